The fourth-order valence-corrected chi connectivity index (χ4v) is 1.69. The van der Waals surface area contributed by atoms with Crippen LogP contribution in [-0.4, -0.2) is 23.8 Å². The van der Waals surface area contributed by atoms with Crippen LogP contribution in [0.3, 0.4) is 0 Å². The summed E-state index contributed by atoms with van der Waals surface area (Å²) in [4.78, 5) is 0. The van der Waals surface area contributed by atoms with Crippen LogP contribution < -0.4 is 5.32 Å². The third-order valence-corrected chi connectivity index (χ3v) is 2.06. The number of nitrogens with one attached hydrogen (secondary N) is 1. The largest absolute Gasteiger partial charge is 0.392 e. The molecule has 2 atom stereocenters. The first-order valence-electron chi connectivity index (χ1n) is 4.39. The highest BCUT2D eigenvalue weighted by Gasteiger charge is 2.25. The number of hydrogen-bond acceptors (Lipinski definition) is 2. The first-order chi connectivity index (χ1) is 4.97. The van der Waals surface area contributed by atoms with Gasteiger partial charge in [0.05, 0.1) is 6.10 Å². The predicted octanol–water partition coefficient (Wildman–Crippen LogP) is 1.15. The lowest BCUT2D eigenvalue weighted by molar-refractivity contribution is 0.189. The molecular formula is C9H19NO. The van der Waals surface area contributed by atoms with E-state index in [1.54, 1.807) is 0 Å². The molecule has 0 aliphatic carbocycles. The van der Waals surface area contributed by atoms with E-state index in [4.69, 9.17) is 0 Å². The zero-order valence-corrected chi connectivity index (χ0v) is 7.72. The molecule has 1 rings (SSSR count). The van der Waals surface area contributed by atoms with Crippen LogP contribution in [0, 0.1) is 5.41 Å². The highest BCUT2D eigenvalue weighted by atomic mass is 16.3. The fraction of sp³-hybridized carbons (Fsp3) is 1.00. The van der Waals surface area contributed by atoms with Gasteiger partial charge < -0.3 is 10.4 Å². The Labute approximate surface area is 69.0 Å². The second kappa shape index (κ2) is 3.11. The van der Waals surface area contributed by atoms with Crippen molar-refractivity contribution in [3.8, 4) is 0 Å². The van der Waals surface area contributed by atoms with Crippen LogP contribution in [-0.2, 0) is 0 Å². The normalized spacial score (nSPS) is 32.7. The van der Waals surface area contributed by atoms with Crippen LogP contribution >= 0.6 is 0 Å². The SMILES string of the molecule is CC(C)(C)C[C@@H]1C[C@H](O)CN1. The van der Waals surface area contributed by atoms with E-state index in [0.717, 1.165) is 19.4 Å². The van der Waals surface area contributed by atoms with E-state index in [1.165, 1.54) is 0 Å². The quantitative estimate of drug-likeness (QED) is 0.598. The standard InChI is InChI=1S/C9H19NO/c1-9(2,3)5-7-4-8(11)6-10-7/h7-8,10-11H,4-6H2,1-3H3/t7-,8-/m0/s1. The third-order valence-electron chi connectivity index (χ3n) is 2.06. The van der Waals surface area contributed by atoms with E-state index in [-0.39, 0.29) is 6.10 Å². The van der Waals surface area contributed by atoms with Gasteiger partial charge in [-0.15, -0.1) is 0 Å². The highest BCUT2D eigenvalue weighted by molar-refractivity contribution is 4.84. The van der Waals surface area contributed by atoms with E-state index in [0.29, 0.717) is 11.5 Å². The van der Waals surface area contributed by atoms with Crippen molar-refractivity contribution in [1.29, 1.82) is 0 Å². The van der Waals surface area contributed by atoms with Crippen molar-refractivity contribution >= 4 is 0 Å². The first-order valence-corrected chi connectivity index (χ1v) is 4.39. The zero-order valence-electron chi connectivity index (χ0n) is 7.72. The van der Waals surface area contributed by atoms with Gasteiger partial charge in [-0.05, 0) is 18.3 Å². The van der Waals surface area contributed by atoms with Crippen molar-refractivity contribution < 1.29 is 5.11 Å². The molecule has 0 radical (unpaired) electrons. The Morgan fingerprint density at radius 1 is 1.45 bits per heavy atom. The topological polar surface area (TPSA) is 32.3 Å². The summed E-state index contributed by atoms with van der Waals surface area (Å²) in [5.74, 6) is 0. The Kier molecular flexibility index (Phi) is 2.55. The van der Waals surface area contributed by atoms with Crippen LogP contribution in [0.5, 0.6) is 0 Å². The molecule has 1 aliphatic rings. The summed E-state index contributed by atoms with van der Waals surface area (Å²) in [6, 6.07) is 0.532. The summed E-state index contributed by atoms with van der Waals surface area (Å²) in [6.07, 6.45) is 1.98. The molecule has 0 aromatic heterocycles. The highest BCUT2D eigenvalue weighted by Crippen LogP contribution is 2.24. The Morgan fingerprint density at radius 2 is 2.09 bits per heavy atom. The van der Waals surface area contributed by atoms with Crippen LogP contribution in [0.2, 0.25) is 0 Å². The molecule has 1 fully saturated rings. The minimum Gasteiger partial charge on any atom is -0.392 e. The summed E-state index contributed by atoms with van der Waals surface area (Å²) < 4.78 is 0. The zero-order chi connectivity index (χ0) is 8.48. The predicted molar refractivity (Wildman–Crippen MR) is 46.5 cm³/mol. The molecular weight excluding hydrogens is 138 g/mol. The minimum atomic E-state index is -0.109. The first kappa shape index (κ1) is 9.01. The Morgan fingerprint density at radius 3 is 2.45 bits per heavy atom. The Bertz CT molecular complexity index is 128. The molecule has 0 aromatic rings. The summed E-state index contributed by atoms with van der Waals surface area (Å²) >= 11 is 0. The molecule has 0 bridgehead atoms. The molecule has 1 saturated heterocycles. The van der Waals surface area contributed by atoms with E-state index < -0.39 is 0 Å². The van der Waals surface area contributed by atoms with Crippen molar-refractivity contribution in [2.75, 3.05) is 6.54 Å². The van der Waals surface area contributed by atoms with Crippen LogP contribution in [0.15, 0.2) is 0 Å². The van der Waals surface area contributed by atoms with Gasteiger partial charge in [-0.3, -0.25) is 0 Å². The third kappa shape index (κ3) is 3.21. The molecule has 2 nitrogen and oxygen atoms in total. The van der Waals surface area contributed by atoms with Crippen LogP contribution in [0.4, 0.5) is 0 Å². The smallest absolute Gasteiger partial charge is 0.0679 e. The average Bonchev–Trinajstić information content (AvgIpc) is 2.10. The monoisotopic (exact) mass is 157 g/mol. The molecule has 0 spiro atoms. The van der Waals surface area contributed by atoms with Crippen molar-refractivity contribution in [1.82, 2.24) is 5.32 Å². The van der Waals surface area contributed by atoms with Crippen LogP contribution in [0.1, 0.15) is 33.6 Å². The molecule has 66 valence electrons. The van der Waals surface area contributed by atoms with Gasteiger partial charge in [-0.1, -0.05) is 20.8 Å². The summed E-state index contributed by atoms with van der Waals surface area (Å²) in [7, 11) is 0. The number of hydrogen-bond donors (Lipinski definition) is 2. The molecule has 0 saturated carbocycles. The molecule has 2 heteroatoms. The number of aliphatic hydroxyl groups excluding tert-OH is 1. The number of aliphatic hydroxyl groups is 1. The molecule has 1 aliphatic heterocycles. The fourth-order valence-electron chi connectivity index (χ4n) is 1.69. The Balaban J connectivity index is 2.29. The van der Waals surface area contributed by atoms with Gasteiger partial charge in [-0.2, -0.15) is 0 Å². The second-order valence-electron chi connectivity index (χ2n) is 4.76. The van der Waals surface area contributed by atoms with Gasteiger partial charge in [0.25, 0.3) is 0 Å². The van der Waals surface area contributed by atoms with E-state index in [2.05, 4.69) is 26.1 Å². The molecule has 0 amide bonds. The minimum absolute atomic E-state index is 0.109. The van der Waals surface area contributed by atoms with Crippen molar-refractivity contribution in [3.05, 3.63) is 0 Å². The summed E-state index contributed by atoms with van der Waals surface area (Å²) in [6.45, 7) is 7.49. The lowest BCUT2D eigenvalue weighted by atomic mass is 9.87. The maximum atomic E-state index is 9.23. The van der Waals surface area contributed by atoms with Crippen molar-refractivity contribution in [2.24, 2.45) is 5.41 Å². The molecule has 11 heavy (non-hydrogen) atoms. The van der Waals surface area contributed by atoms with E-state index >= 15 is 0 Å². The van der Waals surface area contributed by atoms with Gasteiger partial charge in [0.1, 0.15) is 0 Å². The van der Waals surface area contributed by atoms with E-state index in [9.17, 15) is 5.11 Å². The van der Waals surface area contributed by atoms with Gasteiger partial charge in [0.15, 0.2) is 0 Å². The molecule has 1 heterocycles. The van der Waals surface area contributed by atoms with Crippen molar-refractivity contribution in [2.45, 2.75) is 45.8 Å². The van der Waals surface area contributed by atoms with Gasteiger partial charge >= 0.3 is 0 Å². The van der Waals surface area contributed by atoms with Gasteiger partial charge in [0.2, 0.25) is 0 Å². The van der Waals surface area contributed by atoms with Gasteiger partial charge in [-0.25, -0.2) is 0 Å². The van der Waals surface area contributed by atoms with E-state index in [1.807, 2.05) is 0 Å². The number of β-amino-alcohol motifs (C(OH)–C–C–N with tert-alkyl or cyclic N) is 1. The second-order valence-corrected chi connectivity index (χ2v) is 4.76. The van der Waals surface area contributed by atoms with Gasteiger partial charge in [0, 0.05) is 12.6 Å². The maximum Gasteiger partial charge on any atom is 0.0679 e. The Hall–Kier alpha value is -0.0800. The number of rotatable bonds is 1. The summed E-state index contributed by atoms with van der Waals surface area (Å²) in [5.41, 5.74) is 0.377. The molecule has 0 aromatic carbocycles. The van der Waals surface area contributed by atoms with Crippen LogP contribution in [0.25, 0.3) is 0 Å². The lowest BCUT2D eigenvalue weighted by Crippen LogP contribution is -2.26. The maximum absolute atomic E-state index is 9.23. The van der Waals surface area contributed by atoms with Crippen molar-refractivity contribution in [3.63, 3.8) is 0 Å². The lowest BCUT2D eigenvalue weighted by Gasteiger charge is -2.22. The summed E-state index contributed by atoms with van der Waals surface area (Å²) in [5, 5.41) is 12.5. The molecule has 0 unspecified atom stereocenters. The average molecular weight is 157 g/mol. The molecule has 2 N–H and O–H groups in total.